The molecule has 0 amide bonds. The number of hydrogen-bond donors (Lipinski definition) is 1. The maximum atomic E-state index is 6.00. The van der Waals surface area contributed by atoms with Gasteiger partial charge in [-0.15, -0.1) is 0 Å². The van der Waals surface area contributed by atoms with E-state index in [-0.39, 0.29) is 0 Å². The molecule has 1 aliphatic rings. The van der Waals surface area contributed by atoms with Gasteiger partial charge in [-0.05, 0) is 57.2 Å². The van der Waals surface area contributed by atoms with Crippen molar-refractivity contribution in [2.45, 2.75) is 58.0 Å². The van der Waals surface area contributed by atoms with Gasteiger partial charge < -0.3 is 10.6 Å². The Bertz CT molecular complexity index is 381. The molecule has 1 aromatic carbocycles. The highest BCUT2D eigenvalue weighted by atomic mass is 15.2. The summed E-state index contributed by atoms with van der Waals surface area (Å²) in [6.07, 6.45) is 4.62. The van der Waals surface area contributed by atoms with Crippen molar-refractivity contribution < 1.29 is 0 Å². The first-order chi connectivity index (χ1) is 8.53. The SMILES string of the molecule is CCC(N)Cc1ccc(N2CCCC2(C)C)cc1. The number of nitrogens with zero attached hydrogens (tertiary/aromatic N) is 1. The number of hydrogen-bond acceptors (Lipinski definition) is 2. The lowest BCUT2D eigenvalue weighted by molar-refractivity contribution is 0.518. The molecule has 2 N–H and O–H groups in total. The summed E-state index contributed by atoms with van der Waals surface area (Å²) in [5.74, 6) is 0. The molecule has 2 heteroatoms. The van der Waals surface area contributed by atoms with Crippen molar-refractivity contribution in [3.05, 3.63) is 29.8 Å². The Hall–Kier alpha value is -1.02. The number of rotatable bonds is 4. The monoisotopic (exact) mass is 246 g/mol. The van der Waals surface area contributed by atoms with Gasteiger partial charge in [-0.2, -0.15) is 0 Å². The minimum Gasteiger partial charge on any atom is -0.366 e. The second-order valence-electron chi connectivity index (χ2n) is 6.11. The maximum absolute atomic E-state index is 6.00. The van der Waals surface area contributed by atoms with Gasteiger partial charge in [-0.1, -0.05) is 19.1 Å². The molecule has 0 aliphatic carbocycles. The molecule has 2 nitrogen and oxygen atoms in total. The third-order valence-corrected chi connectivity index (χ3v) is 4.17. The number of benzene rings is 1. The van der Waals surface area contributed by atoms with Crippen LogP contribution in [0.1, 0.15) is 45.6 Å². The Balaban J connectivity index is 2.08. The van der Waals surface area contributed by atoms with Gasteiger partial charge in [-0.25, -0.2) is 0 Å². The second-order valence-corrected chi connectivity index (χ2v) is 6.11. The van der Waals surface area contributed by atoms with E-state index in [1.54, 1.807) is 0 Å². The molecule has 0 aromatic heterocycles. The average Bonchev–Trinajstić information content (AvgIpc) is 2.70. The molecule has 1 aliphatic heterocycles. The summed E-state index contributed by atoms with van der Waals surface area (Å²) in [5.41, 5.74) is 9.01. The zero-order valence-corrected chi connectivity index (χ0v) is 11.9. The first-order valence-corrected chi connectivity index (χ1v) is 7.15. The molecular weight excluding hydrogens is 220 g/mol. The largest absolute Gasteiger partial charge is 0.366 e. The van der Waals surface area contributed by atoms with E-state index in [1.165, 1.54) is 30.6 Å². The van der Waals surface area contributed by atoms with Crippen LogP contribution in [0.15, 0.2) is 24.3 Å². The highest BCUT2D eigenvalue weighted by molar-refractivity contribution is 5.51. The average molecular weight is 246 g/mol. The maximum Gasteiger partial charge on any atom is 0.0370 e. The van der Waals surface area contributed by atoms with Gasteiger partial charge in [0.15, 0.2) is 0 Å². The van der Waals surface area contributed by atoms with Crippen LogP contribution in [-0.4, -0.2) is 18.1 Å². The van der Waals surface area contributed by atoms with Gasteiger partial charge in [0.1, 0.15) is 0 Å². The van der Waals surface area contributed by atoms with E-state index in [0.29, 0.717) is 11.6 Å². The van der Waals surface area contributed by atoms with Crippen LogP contribution >= 0.6 is 0 Å². The molecule has 1 unspecified atom stereocenters. The Morgan fingerprint density at radius 2 is 1.94 bits per heavy atom. The smallest absolute Gasteiger partial charge is 0.0370 e. The molecule has 1 fully saturated rings. The van der Waals surface area contributed by atoms with Crippen molar-refractivity contribution in [2.75, 3.05) is 11.4 Å². The van der Waals surface area contributed by atoms with E-state index in [2.05, 4.69) is 49.9 Å². The molecule has 1 heterocycles. The van der Waals surface area contributed by atoms with E-state index < -0.39 is 0 Å². The molecule has 1 aromatic rings. The Morgan fingerprint density at radius 3 is 2.44 bits per heavy atom. The molecule has 1 atom stereocenters. The van der Waals surface area contributed by atoms with Gasteiger partial charge in [0, 0.05) is 23.8 Å². The van der Waals surface area contributed by atoms with Gasteiger partial charge in [0.25, 0.3) is 0 Å². The summed E-state index contributed by atoms with van der Waals surface area (Å²) >= 11 is 0. The molecule has 1 saturated heterocycles. The lowest BCUT2D eigenvalue weighted by Crippen LogP contribution is -2.38. The second kappa shape index (κ2) is 5.31. The molecule has 0 bridgehead atoms. The minimum atomic E-state index is 0.291. The molecule has 2 rings (SSSR count). The van der Waals surface area contributed by atoms with Crippen molar-refractivity contribution in [1.82, 2.24) is 0 Å². The van der Waals surface area contributed by atoms with E-state index in [1.807, 2.05) is 0 Å². The van der Waals surface area contributed by atoms with E-state index >= 15 is 0 Å². The Morgan fingerprint density at radius 1 is 1.28 bits per heavy atom. The lowest BCUT2D eigenvalue weighted by Gasteiger charge is -2.33. The minimum absolute atomic E-state index is 0.291. The molecule has 0 spiro atoms. The Kier molecular flexibility index (Phi) is 3.96. The Labute approximate surface area is 111 Å². The fraction of sp³-hybridized carbons (Fsp3) is 0.625. The van der Waals surface area contributed by atoms with Crippen LogP contribution in [0, 0.1) is 0 Å². The summed E-state index contributed by atoms with van der Waals surface area (Å²) in [4.78, 5) is 2.52. The van der Waals surface area contributed by atoms with Gasteiger partial charge in [0.2, 0.25) is 0 Å². The molecule has 0 saturated carbocycles. The zero-order chi connectivity index (χ0) is 13.2. The van der Waals surface area contributed by atoms with Crippen LogP contribution < -0.4 is 10.6 Å². The topological polar surface area (TPSA) is 29.3 Å². The number of anilines is 1. The van der Waals surface area contributed by atoms with Crippen LogP contribution in [0.25, 0.3) is 0 Å². The normalized spacial score (nSPS) is 20.1. The van der Waals surface area contributed by atoms with E-state index in [0.717, 1.165) is 12.8 Å². The summed E-state index contributed by atoms with van der Waals surface area (Å²) in [5, 5.41) is 0. The molecule has 0 radical (unpaired) electrons. The first-order valence-electron chi connectivity index (χ1n) is 7.15. The van der Waals surface area contributed by atoms with Crippen molar-refractivity contribution in [3.63, 3.8) is 0 Å². The van der Waals surface area contributed by atoms with Crippen LogP contribution in [0.4, 0.5) is 5.69 Å². The van der Waals surface area contributed by atoms with Gasteiger partial charge in [0.05, 0.1) is 0 Å². The number of nitrogens with two attached hydrogens (primary N) is 1. The summed E-state index contributed by atoms with van der Waals surface area (Å²) < 4.78 is 0. The summed E-state index contributed by atoms with van der Waals surface area (Å²) in [7, 11) is 0. The lowest BCUT2D eigenvalue weighted by atomic mass is 10.0. The molecule has 18 heavy (non-hydrogen) atoms. The van der Waals surface area contributed by atoms with Gasteiger partial charge >= 0.3 is 0 Å². The van der Waals surface area contributed by atoms with Crippen molar-refractivity contribution in [2.24, 2.45) is 5.73 Å². The summed E-state index contributed by atoms with van der Waals surface area (Å²) in [6.45, 7) is 7.99. The van der Waals surface area contributed by atoms with Crippen molar-refractivity contribution in [1.29, 1.82) is 0 Å². The third kappa shape index (κ3) is 2.86. The van der Waals surface area contributed by atoms with Crippen molar-refractivity contribution >= 4 is 5.69 Å². The highest BCUT2D eigenvalue weighted by Gasteiger charge is 2.31. The van der Waals surface area contributed by atoms with Crippen LogP contribution in [0.2, 0.25) is 0 Å². The van der Waals surface area contributed by atoms with Gasteiger partial charge in [-0.3, -0.25) is 0 Å². The van der Waals surface area contributed by atoms with Crippen LogP contribution in [0.3, 0.4) is 0 Å². The fourth-order valence-corrected chi connectivity index (χ4v) is 2.85. The quantitative estimate of drug-likeness (QED) is 0.883. The zero-order valence-electron chi connectivity index (χ0n) is 11.9. The van der Waals surface area contributed by atoms with Crippen LogP contribution in [0.5, 0.6) is 0 Å². The summed E-state index contributed by atoms with van der Waals surface area (Å²) in [6, 6.07) is 9.27. The fourth-order valence-electron chi connectivity index (χ4n) is 2.85. The standard InChI is InChI=1S/C16H26N2/c1-4-14(17)12-13-6-8-15(9-7-13)18-11-5-10-16(18,2)3/h6-9,14H,4-5,10-12,17H2,1-3H3. The molecule has 100 valence electrons. The van der Waals surface area contributed by atoms with E-state index in [9.17, 15) is 0 Å². The highest BCUT2D eigenvalue weighted by Crippen LogP contribution is 2.33. The van der Waals surface area contributed by atoms with E-state index in [4.69, 9.17) is 5.73 Å². The van der Waals surface area contributed by atoms with Crippen molar-refractivity contribution in [3.8, 4) is 0 Å². The molecular formula is C16H26N2. The van der Waals surface area contributed by atoms with Crippen LogP contribution in [-0.2, 0) is 6.42 Å². The predicted octanol–water partition coefficient (Wildman–Crippen LogP) is 3.35. The first kappa shape index (κ1) is 13.4. The predicted molar refractivity (Wildman–Crippen MR) is 79.1 cm³/mol. The third-order valence-electron chi connectivity index (χ3n) is 4.17.